The monoisotopic (exact) mass is 527 g/mol. The molecule has 0 saturated heterocycles. The fraction of sp³-hybridized carbons (Fsp3) is 0.500. The number of fused-ring (bicyclic) bond motifs is 1. The van der Waals surface area contributed by atoms with Crippen molar-refractivity contribution in [2.45, 2.75) is 59.5 Å². The first-order valence-corrected chi connectivity index (χ1v) is 12.7. The van der Waals surface area contributed by atoms with E-state index in [4.69, 9.17) is 4.74 Å². The number of esters is 1. The van der Waals surface area contributed by atoms with Crippen molar-refractivity contribution in [2.24, 2.45) is 11.8 Å². The lowest BCUT2D eigenvalue weighted by atomic mass is 9.97. The molecule has 4 amide bonds. The smallest absolute Gasteiger partial charge is 0.328 e. The van der Waals surface area contributed by atoms with E-state index in [9.17, 15) is 28.8 Å². The summed E-state index contributed by atoms with van der Waals surface area (Å²) in [7, 11) is 1.42. The van der Waals surface area contributed by atoms with Gasteiger partial charge in [0.05, 0.1) is 23.2 Å². The topological polar surface area (TPSA) is 130 Å². The summed E-state index contributed by atoms with van der Waals surface area (Å²) in [5.74, 6) is -2.49. The Labute approximate surface area is 223 Å². The molecule has 38 heavy (non-hydrogen) atoms. The number of benzene rings is 1. The van der Waals surface area contributed by atoms with Gasteiger partial charge in [0.2, 0.25) is 5.91 Å². The zero-order chi connectivity index (χ0) is 28.7. The molecule has 10 nitrogen and oxygen atoms in total. The molecule has 0 aliphatic carbocycles. The first kappa shape index (κ1) is 30.4. The molecule has 0 bridgehead atoms. The van der Waals surface area contributed by atoms with Crippen molar-refractivity contribution in [3.05, 3.63) is 47.0 Å². The van der Waals surface area contributed by atoms with Crippen molar-refractivity contribution in [1.29, 1.82) is 0 Å². The summed E-state index contributed by atoms with van der Waals surface area (Å²) in [6, 6.07) is 1.20. The normalized spacial score (nSPS) is 14.3. The minimum absolute atomic E-state index is 0.0176. The van der Waals surface area contributed by atoms with Gasteiger partial charge in [0, 0.05) is 18.7 Å². The van der Waals surface area contributed by atoms with Crippen LogP contribution in [0.4, 0.5) is 0 Å². The number of rotatable bonds is 13. The van der Waals surface area contributed by atoms with Gasteiger partial charge in [-0.3, -0.25) is 28.9 Å². The molecule has 206 valence electrons. The van der Waals surface area contributed by atoms with E-state index in [0.717, 1.165) is 6.08 Å². The van der Waals surface area contributed by atoms with Crippen molar-refractivity contribution >= 4 is 35.9 Å². The maximum atomic E-state index is 13.5. The van der Waals surface area contributed by atoms with Crippen molar-refractivity contribution in [1.82, 2.24) is 15.1 Å². The van der Waals surface area contributed by atoms with Gasteiger partial charge >= 0.3 is 5.97 Å². The highest BCUT2D eigenvalue weighted by molar-refractivity contribution is 6.23. The zero-order valence-corrected chi connectivity index (χ0v) is 22.9. The Hall–Kier alpha value is -3.82. The van der Waals surface area contributed by atoms with Crippen LogP contribution in [0, 0.1) is 11.8 Å². The van der Waals surface area contributed by atoms with E-state index in [1.807, 2.05) is 27.7 Å². The van der Waals surface area contributed by atoms with Gasteiger partial charge in [-0.25, -0.2) is 4.79 Å². The quantitative estimate of drug-likeness (QED) is 0.137. The average molecular weight is 528 g/mol. The Morgan fingerprint density at radius 3 is 2.13 bits per heavy atom. The Balaban J connectivity index is 2.34. The molecule has 0 fully saturated rings. The van der Waals surface area contributed by atoms with Gasteiger partial charge in [-0.05, 0) is 49.8 Å². The second-order valence-electron chi connectivity index (χ2n) is 10.3. The molecule has 0 aromatic heterocycles. The molecule has 2 atom stereocenters. The lowest BCUT2D eigenvalue weighted by Crippen LogP contribution is -2.45. The Bertz CT molecular complexity index is 1130. The zero-order valence-electron chi connectivity index (χ0n) is 22.9. The van der Waals surface area contributed by atoms with Gasteiger partial charge in [0.1, 0.15) is 12.6 Å². The second kappa shape index (κ2) is 13.1. The minimum atomic E-state index is -0.981. The summed E-state index contributed by atoms with van der Waals surface area (Å²) in [6.07, 6.45) is 2.44. The number of imide groups is 1. The molecule has 1 aromatic rings. The predicted octanol–water partition coefficient (Wildman–Crippen LogP) is 2.86. The van der Waals surface area contributed by atoms with Crippen molar-refractivity contribution < 1.29 is 33.5 Å². The Kier molecular flexibility index (Phi) is 10.5. The van der Waals surface area contributed by atoms with Gasteiger partial charge < -0.3 is 15.0 Å². The number of hydrogen-bond acceptors (Lipinski definition) is 7. The first-order chi connectivity index (χ1) is 17.8. The molecule has 1 N–H and O–H groups in total. The van der Waals surface area contributed by atoms with Crippen molar-refractivity contribution in [3.63, 3.8) is 0 Å². The van der Waals surface area contributed by atoms with Gasteiger partial charge in [-0.2, -0.15) is 0 Å². The van der Waals surface area contributed by atoms with Crippen molar-refractivity contribution in [3.8, 4) is 0 Å². The molecular weight excluding hydrogens is 490 g/mol. The molecule has 1 aliphatic heterocycles. The summed E-state index contributed by atoms with van der Waals surface area (Å²) < 4.78 is 5.28. The lowest BCUT2D eigenvalue weighted by molar-refractivity contribution is -0.149. The predicted molar refractivity (Wildman–Crippen MR) is 141 cm³/mol. The lowest BCUT2D eigenvalue weighted by Gasteiger charge is -2.28. The third-order valence-electron chi connectivity index (χ3n) is 6.28. The van der Waals surface area contributed by atoms with Crippen LogP contribution in [0.25, 0.3) is 0 Å². The fourth-order valence-electron chi connectivity index (χ4n) is 4.48. The number of carbonyl (C=O) groups is 6. The number of nitrogens with one attached hydrogen (secondary N) is 1. The van der Waals surface area contributed by atoms with E-state index < -0.39 is 35.6 Å². The summed E-state index contributed by atoms with van der Waals surface area (Å²) in [5.41, 5.74) is -0.00926. The highest BCUT2D eigenvalue weighted by Crippen LogP contribution is 2.30. The molecule has 0 spiro atoms. The van der Waals surface area contributed by atoms with Crippen LogP contribution >= 0.6 is 0 Å². The molecule has 2 rings (SSSR count). The van der Waals surface area contributed by atoms with Crippen LogP contribution < -0.4 is 5.32 Å². The van der Waals surface area contributed by atoms with E-state index in [2.05, 4.69) is 11.9 Å². The molecule has 2 unspecified atom stereocenters. The molecule has 1 heterocycles. The van der Waals surface area contributed by atoms with E-state index in [0.29, 0.717) is 12.7 Å². The first-order valence-electron chi connectivity index (χ1n) is 12.7. The molecule has 10 heteroatoms. The van der Waals surface area contributed by atoms with Gasteiger partial charge in [-0.1, -0.05) is 34.3 Å². The summed E-state index contributed by atoms with van der Waals surface area (Å²) in [4.78, 5) is 78.2. The van der Waals surface area contributed by atoms with Gasteiger partial charge in [0.15, 0.2) is 6.29 Å². The van der Waals surface area contributed by atoms with E-state index in [-0.39, 0.29) is 59.7 Å². The molecular formula is C28H37N3O7. The number of nitrogens with zero attached hydrogens (tertiary/aromatic N) is 2. The van der Waals surface area contributed by atoms with E-state index in [1.54, 1.807) is 6.92 Å². The van der Waals surface area contributed by atoms with Crippen molar-refractivity contribution in [2.75, 3.05) is 20.2 Å². The summed E-state index contributed by atoms with van der Waals surface area (Å²) in [6.45, 7) is 12.8. The standard InChI is InChI=1S/C28H37N3O7/c1-8-24(33)29-9-10-38-28(37)23(12-17(4)5)30(7)25(34)20-14-22-21(13-19(20)15-32)26(35)31(27(22)36)18(6)11-16(2)3/h8,13-18,23H,1,9-12H2,2-7H3,(H,29,33). The molecule has 0 saturated carbocycles. The van der Waals surface area contributed by atoms with Crippen LogP contribution in [-0.2, 0) is 14.3 Å². The Morgan fingerprint density at radius 1 is 1.03 bits per heavy atom. The van der Waals surface area contributed by atoms with Crippen LogP contribution in [0.3, 0.4) is 0 Å². The summed E-state index contributed by atoms with van der Waals surface area (Å²) in [5, 5.41) is 2.50. The summed E-state index contributed by atoms with van der Waals surface area (Å²) >= 11 is 0. The number of likely N-dealkylation sites (N-methyl/N-ethyl adjacent to an activating group) is 1. The SMILES string of the molecule is C=CC(=O)NCCOC(=O)C(CC(C)C)N(C)C(=O)c1cc2c(cc1C=O)C(=O)N(C(C)CC(C)C)C2=O. The highest BCUT2D eigenvalue weighted by Gasteiger charge is 2.40. The van der Waals surface area contributed by atoms with Crippen LogP contribution in [0.2, 0.25) is 0 Å². The van der Waals surface area contributed by atoms with Crippen LogP contribution in [0.5, 0.6) is 0 Å². The largest absolute Gasteiger partial charge is 0.462 e. The van der Waals surface area contributed by atoms with E-state index in [1.165, 1.54) is 29.0 Å². The fourth-order valence-corrected chi connectivity index (χ4v) is 4.48. The number of aldehydes is 1. The minimum Gasteiger partial charge on any atom is -0.462 e. The third-order valence-corrected chi connectivity index (χ3v) is 6.28. The molecule has 1 aliphatic rings. The van der Waals surface area contributed by atoms with Gasteiger partial charge in [0.25, 0.3) is 17.7 Å². The Morgan fingerprint density at radius 2 is 1.61 bits per heavy atom. The molecule has 1 aromatic carbocycles. The number of carbonyl (C=O) groups excluding carboxylic acids is 6. The van der Waals surface area contributed by atoms with Gasteiger partial charge in [-0.15, -0.1) is 0 Å². The number of hydrogen-bond donors (Lipinski definition) is 1. The average Bonchev–Trinajstić information content (AvgIpc) is 3.11. The third kappa shape index (κ3) is 6.93. The molecule has 0 radical (unpaired) electrons. The van der Waals surface area contributed by atoms with E-state index >= 15 is 0 Å². The maximum Gasteiger partial charge on any atom is 0.328 e. The highest BCUT2D eigenvalue weighted by atomic mass is 16.5. The second-order valence-corrected chi connectivity index (χ2v) is 10.3. The number of ether oxygens (including phenoxy) is 1. The maximum absolute atomic E-state index is 13.5. The van der Waals surface area contributed by atoms with Crippen LogP contribution in [0.15, 0.2) is 24.8 Å². The van der Waals surface area contributed by atoms with Crippen LogP contribution in [-0.4, -0.2) is 78.0 Å². The van der Waals surface area contributed by atoms with Crippen LogP contribution in [0.1, 0.15) is 88.9 Å². The number of amides is 4.